The zero-order chi connectivity index (χ0) is 40.9. The summed E-state index contributed by atoms with van der Waals surface area (Å²) in [6.07, 6.45) is 8.17. The van der Waals surface area contributed by atoms with E-state index >= 15 is 4.39 Å². The first-order valence-electron chi connectivity index (χ1n) is 21.5. The maximum atomic E-state index is 15.7. The Balaban J connectivity index is 0.721. The lowest BCUT2D eigenvalue weighted by molar-refractivity contribution is -0.133. The fourth-order valence-electron chi connectivity index (χ4n) is 11.1. The Labute approximate surface area is 351 Å². The molecule has 5 saturated heterocycles. The number of amides is 3. The summed E-state index contributed by atoms with van der Waals surface area (Å²) in [5, 5.41) is 15.5. The molecule has 0 bridgehead atoms. The summed E-state index contributed by atoms with van der Waals surface area (Å²) in [5.41, 5.74) is 5.00. The molecule has 3 amide bonds. The van der Waals surface area contributed by atoms with E-state index < -0.39 is 6.04 Å². The van der Waals surface area contributed by atoms with E-state index in [0.29, 0.717) is 65.3 Å². The van der Waals surface area contributed by atoms with Crippen LogP contribution in [0.5, 0.6) is 0 Å². The van der Waals surface area contributed by atoms with Crippen LogP contribution in [-0.4, -0.2) is 105 Å². The van der Waals surface area contributed by atoms with Crippen molar-refractivity contribution in [2.75, 3.05) is 78.9 Å². The highest BCUT2D eigenvalue weighted by Gasteiger charge is 2.49. The number of hydrogen-bond donors (Lipinski definition) is 2. The summed E-state index contributed by atoms with van der Waals surface area (Å²) >= 11 is 6.37. The quantitative estimate of drug-likeness (QED) is 0.253. The molecule has 11 nitrogen and oxygen atoms in total. The van der Waals surface area contributed by atoms with E-state index in [0.717, 1.165) is 95.0 Å². The third kappa shape index (κ3) is 7.96. The molecule has 3 aromatic carbocycles. The summed E-state index contributed by atoms with van der Waals surface area (Å²) in [6.45, 7) is 10.0. The van der Waals surface area contributed by atoms with Crippen LogP contribution in [-0.2, 0) is 9.59 Å². The Morgan fingerprint density at radius 3 is 2.31 bits per heavy atom. The number of likely N-dealkylation sites (tertiary alicyclic amines) is 1. The molecule has 6 fully saturated rings. The molecule has 5 aliphatic heterocycles. The first kappa shape index (κ1) is 39.6. The second-order valence-corrected chi connectivity index (χ2v) is 18.6. The Morgan fingerprint density at radius 2 is 1.61 bits per heavy atom. The average Bonchev–Trinajstić information content (AvgIpc) is 3.56. The van der Waals surface area contributed by atoms with E-state index in [9.17, 15) is 19.6 Å². The van der Waals surface area contributed by atoms with Gasteiger partial charge in [-0.25, -0.2) is 4.39 Å². The lowest BCUT2D eigenvalue weighted by Crippen LogP contribution is -2.59. The lowest BCUT2D eigenvalue weighted by Gasteiger charge is -2.56. The van der Waals surface area contributed by atoms with Crippen LogP contribution in [0.25, 0.3) is 0 Å². The fourth-order valence-corrected chi connectivity index (χ4v) is 11.3. The van der Waals surface area contributed by atoms with E-state index in [4.69, 9.17) is 11.6 Å². The maximum absolute atomic E-state index is 15.7. The summed E-state index contributed by atoms with van der Waals surface area (Å²) < 4.78 is 15.7. The summed E-state index contributed by atoms with van der Waals surface area (Å²) in [6, 6.07) is 21.6. The van der Waals surface area contributed by atoms with E-state index in [-0.39, 0.29) is 29.0 Å². The van der Waals surface area contributed by atoms with Crippen molar-refractivity contribution < 1.29 is 18.8 Å². The van der Waals surface area contributed by atoms with Gasteiger partial charge in [0.05, 0.1) is 16.3 Å². The molecule has 1 saturated carbocycles. The monoisotopic (exact) mass is 820 g/mol. The predicted octanol–water partition coefficient (Wildman–Crippen LogP) is 6.66. The van der Waals surface area contributed by atoms with Gasteiger partial charge in [-0.15, -0.1) is 0 Å². The van der Waals surface area contributed by atoms with Crippen LogP contribution in [0.15, 0.2) is 60.7 Å². The molecule has 2 N–H and O–H groups in total. The molecule has 59 heavy (non-hydrogen) atoms. The lowest BCUT2D eigenvalue weighted by atomic mass is 9.60. The molecular weight excluding hydrogens is 767 g/mol. The van der Waals surface area contributed by atoms with Gasteiger partial charge in [-0.2, -0.15) is 5.26 Å². The second-order valence-electron chi connectivity index (χ2n) is 18.2. The zero-order valence-electron chi connectivity index (χ0n) is 33.9. The average molecular weight is 821 g/mol. The summed E-state index contributed by atoms with van der Waals surface area (Å²) in [4.78, 5) is 48.9. The number of nitrogens with zero attached hydrogens (tertiary/aromatic N) is 6. The molecule has 9 rings (SSSR count). The number of piperazine rings is 1. The molecule has 6 aliphatic rings. The van der Waals surface area contributed by atoms with Gasteiger partial charge in [0.15, 0.2) is 0 Å². The standard InChI is InChI=1S/C46H54ClFN8O3/c1-31-26-46(30-56(31)36-7-5-33(29-49)38(47)25-36)13-15-54(16-14-46)41-9-6-32(23-39(41)48)44(59)55-17-11-45(12-18-55)27-37(28-45)53-21-19-52(20-22-53)35-4-2-3-34(24-35)50-40-8-10-42(57)51-43(40)58/h2-7,9,23-25,31,37,40,50H,8,10-22,26-28,30H2,1H3,(H,51,57,58)/t31-,40?/m0/s1. The van der Waals surface area contributed by atoms with Crippen molar-refractivity contribution in [1.82, 2.24) is 15.1 Å². The molecule has 0 aromatic heterocycles. The highest BCUT2D eigenvalue weighted by atomic mass is 35.5. The molecule has 310 valence electrons. The smallest absolute Gasteiger partial charge is 0.253 e. The van der Waals surface area contributed by atoms with E-state index in [1.807, 2.05) is 35.2 Å². The van der Waals surface area contributed by atoms with Crippen LogP contribution in [0.2, 0.25) is 5.02 Å². The highest BCUT2D eigenvalue weighted by Crippen LogP contribution is 2.51. The predicted molar refractivity (Wildman–Crippen MR) is 228 cm³/mol. The van der Waals surface area contributed by atoms with E-state index in [1.54, 1.807) is 12.1 Å². The SMILES string of the molecule is C[C@H]1CC2(CCN(c3ccc(C(=O)N4CCC5(CC4)CC(N4CCN(c6cccc(NC7CCC(=O)NC7=O)c6)CC4)C5)cc3F)CC2)CN1c1ccc(C#N)c(Cl)c1. The summed E-state index contributed by atoms with van der Waals surface area (Å²) in [7, 11) is 0. The first-order chi connectivity index (χ1) is 28.5. The van der Waals surface area contributed by atoms with Gasteiger partial charge in [-0.1, -0.05) is 17.7 Å². The Bertz CT molecular complexity index is 2150. The Hall–Kier alpha value is -4.86. The molecule has 0 radical (unpaired) electrons. The third-order valence-corrected chi connectivity index (χ3v) is 14.9. The number of piperidine rings is 3. The third-order valence-electron chi connectivity index (χ3n) is 14.6. The van der Waals surface area contributed by atoms with Gasteiger partial charge in [0, 0.05) is 100 Å². The van der Waals surface area contributed by atoms with E-state index in [2.05, 4.69) is 55.4 Å². The molecule has 3 aromatic rings. The van der Waals surface area contributed by atoms with Crippen LogP contribution in [0.1, 0.15) is 80.6 Å². The molecular formula is C46H54ClFN8O3. The molecule has 2 atom stereocenters. The highest BCUT2D eigenvalue weighted by molar-refractivity contribution is 6.32. The van der Waals surface area contributed by atoms with Crippen LogP contribution in [0.3, 0.4) is 0 Å². The number of rotatable bonds is 7. The van der Waals surface area contributed by atoms with Crippen molar-refractivity contribution >= 4 is 52.1 Å². The number of imide groups is 1. The number of halogens is 2. The van der Waals surface area contributed by atoms with Gasteiger partial charge < -0.3 is 24.9 Å². The van der Waals surface area contributed by atoms with Gasteiger partial charge in [0.25, 0.3) is 5.91 Å². The summed E-state index contributed by atoms with van der Waals surface area (Å²) in [5.74, 6) is -0.876. The second kappa shape index (κ2) is 16.0. The molecule has 1 aliphatic carbocycles. The van der Waals surface area contributed by atoms with Gasteiger partial charge in [-0.05, 0) is 124 Å². The van der Waals surface area contributed by atoms with Crippen LogP contribution in [0, 0.1) is 28.0 Å². The molecule has 13 heteroatoms. The van der Waals surface area contributed by atoms with Gasteiger partial charge in [0.1, 0.15) is 17.9 Å². The van der Waals surface area contributed by atoms with E-state index in [1.165, 1.54) is 18.9 Å². The number of nitrogens with one attached hydrogen (secondary N) is 2. The number of benzene rings is 3. The number of carbonyl (C=O) groups is 3. The number of hydrogen-bond acceptors (Lipinski definition) is 9. The number of nitriles is 1. The van der Waals surface area contributed by atoms with Crippen LogP contribution in [0.4, 0.5) is 27.1 Å². The van der Waals surface area contributed by atoms with Crippen molar-refractivity contribution in [2.24, 2.45) is 10.8 Å². The minimum absolute atomic E-state index is 0.0748. The van der Waals surface area contributed by atoms with Gasteiger partial charge in [-0.3, -0.25) is 24.6 Å². The van der Waals surface area contributed by atoms with Crippen LogP contribution < -0.4 is 25.3 Å². The largest absolute Gasteiger partial charge is 0.374 e. The topological polar surface area (TPSA) is 115 Å². The van der Waals surface area contributed by atoms with Crippen molar-refractivity contribution in [1.29, 1.82) is 5.26 Å². The van der Waals surface area contributed by atoms with Gasteiger partial charge in [0.2, 0.25) is 11.8 Å². The van der Waals surface area contributed by atoms with Gasteiger partial charge >= 0.3 is 0 Å². The first-order valence-corrected chi connectivity index (χ1v) is 21.9. The zero-order valence-corrected chi connectivity index (χ0v) is 34.7. The maximum Gasteiger partial charge on any atom is 0.253 e. The molecule has 2 spiro atoms. The molecule has 1 unspecified atom stereocenters. The van der Waals surface area contributed by atoms with Crippen molar-refractivity contribution in [3.05, 3.63) is 82.6 Å². The minimum atomic E-state index is -0.399. The fraction of sp³-hybridized carbons (Fsp3) is 0.522. The Kier molecular flexibility index (Phi) is 10.7. The normalized spacial score (nSPS) is 24.6. The Morgan fingerprint density at radius 1 is 0.864 bits per heavy atom. The number of anilines is 4. The number of carbonyl (C=O) groups excluding carboxylic acids is 3. The van der Waals surface area contributed by atoms with Crippen molar-refractivity contribution in [2.45, 2.75) is 82.8 Å². The van der Waals surface area contributed by atoms with Crippen LogP contribution >= 0.6 is 11.6 Å². The molecule has 5 heterocycles. The van der Waals surface area contributed by atoms with Crippen molar-refractivity contribution in [3.63, 3.8) is 0 Å². The minimum Gasteiger partial charge on any atom is -0.374 e. The van der Waals surface area contributed by atoms with Crippen molar-refractivity contribution in [3.8, 4) is 6.07 Å².